The molecular formula is C25H35Cl2N5O4. The number of esters is 1. The Labute approximate surface area is 222 Å². The highest BCUT2D eigenvalue weighted by Crippen LogP contribution is 2.37. The highest BCUT2D eigenvalue weighted by atomic mass is 35.5. The molecular weight excluding hydrogens is 505 g/mol. The number of rotatable bonds is 5. The van der Waals surface area contributed by atoms with Crippen LogP contribution in [0.5, 0.6) is 0 Å². The molecule has 0 aliphatic carbocycles. The van der Waals surface area contributed by atoms with E-state index in [4.69, 9.17) is 27.9 Å². The summed E-state index contributed by atoms with van der Waals surface area (Å²) in [7, 11) is 1.62. The summed E-state index contributed by atoms with van der Waals surface area (Å²) in [5, 5.41) is 6.47. The van der Waals surface area contributed by atoms with E-state index >= 15 is 0 Å². The lowest BCUT2D eigenvalue weighted by Crippen LogP contribution is -2.59. The molecule has 2 N–H and O–H groups in total. The van der Waals surface area contributed by atoms with Gasteiger partial charge in [-0.25, -0.2) is 14.4 Å². The highest BCUT2D eigenvalue weighted by molar-refractivity contribution is 6.42. The third-order valence-corrected chi connectivity index (χ3v) is 7.03. The first-order valence-electron chi connectivity index (χ1n) is 12.0. The fourth-order valence-corrected chi connectivity index (χ4v) is 4.87. The summed E-state index contributed by atoms with van der Waals surface area (Å²) >= 11 is 12.7. The number of ether oxygens (including phenoxy) is 1. The second kappa shape index (κ2) is 11.3. The lowest BCUT2D eigenvalue weighted by molar-refractivity contribution is -0.139. The molecule has 1 fully saturated rings. The maximum absolute atomic E-state index is 13.2. The zero-order valence-electron chi connectivity index (χ0n) is 21.7. The Morgan fingerprint density at radius 1 is 1.22 bits per heavy atom. The summed E-state index contributed by atoms with van der Waals surface area (Å²) in [6.45, 7) is 11.7. The van der Waals surface area contributed by atoms with Crippen LogP contribution in [0.4, 0.5) is 9.59 Å². The van der Waals surface area contributed by atoms with Gasteiger partial charge in [0, 0.05) is 50.5 Å². The van der Waals surface area contributed by atoms with Gasteiger partial charge in [-0.05, 0) is 46.2 Å². The van der Waals surface area contributed by atoms with Gasteiger partial charge in [-0.2, -0.15) is 0 Å². The third-order valence-electron chi connectivity index (χ3n) is 6.19. The summed E-state index contributed by atoms with van der Waals surface area (Å²) in [6.07, 6.45) is 0. The minimum Gasteiger partial charge on any atom is -0.463 e. The minimum atomic E-state index is -0.815. The van der Waals surface area contributed by atoms with E-state index in [1.165, 1.54) is 4.90 Å². The van der Waals surface area contributed by atoms with Crippen molar-refractivity contribution in [1.82, 2.24) is 25.3 Å². The van der Waals surface area contributed by atoms with Crippen LogP contribution >= 0.6 is 23.2 Å². The molecule has 2 aliphatic heterocycles. The molecule has 0 bridgehead atoms. The average Bonchev–Trinajstić information content (AvgIpc) is 2.77. The van der Waals surface area contributed by atoms with Gasteiger partial charge in [0.05, 0.1) is 28.3 Å². The molecule has 0 saturated carbocycles. The van der Waals surface area contributed by atoms with Crippen LogP contribution in [0.25, 0.3) is 0 Å². The normalized spacial score (nSPS) is 21.4. The van der Waals surface area contributed by atoms with Crippen LogP contribution in [0.3, 0.4) is 0 Å². The Morgan fingerprint density at radius 2 is 1.92 bits per heavy atom. The van der Waals surface area contributed by atoms with Gasteiger partial charge in [-0.15, -0.1) is 0 Å². The van der Waals surface area contributed by atoms with E-state index in [2.05, 4.69) is 15.5 Å². The first kappa shape index (κ1) is 28.1. The van der Waals surface area contributed by atoms with Crippen molar-refractivity contribution >= 4 is 41.2 Å². The van der Waals surface area contributed by atoms with E-state index in [1.54, 1.807) is 32.2 Å². The third kappa shape index (κ3) is 6.25. The van der Waals surface area contributed by atoms with Gasteiger partial charge in [0.25, 0.3) is 0 Å². The van der Waals surface area contributed by atoms with E-state index in [-0.39, 0.29) is 35.3 Å². The van der Waals surface area contributed by atoms with Crippen molar-refractivity contribution < 1.29 is 19.1 Å². The number of hydrogen-bond donors (Lipinski definition) is 2. The molecule has 3 rings (SSSR count). The molecule has 9 nitrogen and oxygen atoms in total. The monoisotopic (exact) mass is 539 g/mol. The van der Waals surface area contributed by atoms with Crippen molar-refractivity contribution in [3.8, 4) is 0 Å². The van der Waals surface area contributed by atoms with Crippen molar-refractivity contribution in [3.63, 3.8) is 0 Å². The molecule has 36 heavy (non-hydrogen) atoms. The topological polar surface area (TPSA) is 94.2 Å². The molecule has 2 aliphatic rings. The van der Waals surface area contributed by atoms with Crippen LogP contribution in [0.2, 0.25) is 10.0 Å². The number of piperazine rings is 1. The van der Waals surface area contributed by atoms with Crippen molar-refractivity contribution in [1.29, 1.82) is 0 Å². The molecule has 0 aromatic heterocycles. The van der Waals surface area contributed by atoms with Crippen LogP contribution in [0.1, 0.15) is 46.2 Å². The lowest BCUT2D eigenvalue weighted by atomic mass is 9.94. The second-order valence-corrected chi connectivity index (χ2v) is 10.9. The molecule has 1 aromatic rings. The van der Waals surface area contributed by atoms with Crippen molar-refractivity contribution in [2.45, 2.75) is 52.2 Å². The Bertz CT molecular complexity index is 1060. The Kier molecular flexibility index (Phi) is 8.80. The molecule has 4 amide bonds. The van der Waals surface area contributed by atoms with Gasteiger partial charge in [0.2, 0.25) is 0 Å². The van der Waals surface area contributed by atoms with E-state index in [0.29, 0.717) is 48.0 Å². The zero-order chi connectivity index (χ0) is 26.8. The Morgan fingerprint density at radius 3 is 2.53 bits per heavy atom. The second-order valence-electron chi connectivity index (χ2n) is 10.1. The van der Waals surface area contributed by atoms with Crippen LogP contribution in [-0.4, -0.2) is 84.1 Å². The molecule has 2 heterocycles. The Hall–Kier alpha value is -2.49. The van der Waals surface area contributed by atoms with E-state index in [9.17, 15) is 14.4 Å². The SMILES string of the molecule is CCOC(=O)C1=C(CN2CCN(C(=O)NC(C)(C)C)C(C)C2)N(C)C(=O)NC1c1cccc(Cl)c1Cl. The summed E-state index contributed by atoms with van der Waals surface area (Å²) < 4.78 is 5.39. The molecule has 2 atom stereocenters. The molecule has 198 valence electrons. The predicted molar refractivity (Wildman–Crippen MR) is 140 cm³/mol. The van der Waals surface area contributed by atoms with Crippen LogP contribution in [-0.2, 0) is 9.53 Å². The summed E-state index contributed by atoms with van der Waals surface area (Å²) in [5.41, 5.74) is 1.02. The maximum Gasteiger partial charge on any atom is 0.338 e. The number of halogens is 2. The molecule has 1 aromatic carbocycles. The number of carbonyl (C=O) groups is 3. The summed E-state index contributed by atoms with van der Waals surface area (Å²) in [4.78, 5) is 44.3. The lowest BCUT2D eigenvalue weighted by Gasteiger charge is -2.43. The van der Waals surface area contributed by atoms with Crippen molar-refractivity contribution in [2.75, 3.05) is 39.8 Å². The molecule has 2 unspecified atom stereocenters. The molecule has 0 radical (unpaired) electrons. The van der Waals surface area contributed by atoms with Crippen molar-refractivity contribution in [2.24, 2.45) is 0 Å². The molecule has 0 spiro atoms. The van der Waals surface area contributed by atoms with Crippen molar-refractivity contribution in [3.05, 3.63) is 45.1 Å². The number of amides is 4. The number of likely N-dealkylation sites (N-methyl/N-ethyl adjacent to an activating group) is 1. The fourth-order valence-electron chi connectivity index (χ4n) is 4.46. The highest BCUT2D eigenvalue weighted by Gasteiger charge is 2.39. The standard InChI is InChI=1S/C25H35Cl2N5O4/c1-7-36-22(33)19-18(14-31-11-12-32(15(2)13-31)24(35)29-25(3,4)5)30(6)23(34)28-21(19)16-9-8-10-17(26)20(16)27/h8-10,15,21H,7,11-14H2,1-6H3,(H,28,34)(H,29,35). The first-order valence-corrected chi connectivity index (χ1v) is 12.8. The Balaban J connectivity index is 1.93. The van der Waals surface area contributed by atoms with Gasteiger partial charge in [0.15, 0.2) is 0 Å². The van der Waals surface area contributed by atoms with Crippen LogP contribution in [0.15, 0.2) is 29.5 Å². The van der Waals surface area contributed by atoms with E-state index in [1.807, 2.05) is 32.6 Å². The predicted octanol–water partition coefficient (Wildman–Crippen LogP) is 4.02. The smallest absolute Gasteiger partial charge is 0.338 e. The average molecular weight is 540 g/mol. The number of nitrogens with one attached hydrogen (secondary N) is 2. The minimum absolute atomic E-state index is 0.0614. The fraction of sp³-hybridized carbons (Fsp3) is 0.560. The number of hydrogen-bond acceptors (Lipinski definition) is 5. The van der Waals surface area contributed by atoms with Gasteiger partial charge in [-0.1, -0.05) is 35.3 Å². The van der Waals surface area contributed by atoms with Gasteiger partial charge in [0.1, 0.15) is 0 Å². The molecule has 11 heteroatoms. The number of carbonyl (C=O) groups excluding carboxylic acids is 3. The largest absolute Gasteiger partial charge is 0.463 e. The number of urea groups is 2. The number of benzene rings is 1. The number of nitrogens with zero attached hydrogens (tertiary/aromatic N) is 3. The zero-order valence-corrected chi connectivity index (χ0v) is 23.2. The van der Waals surface area contributed by atoms with Crippen LogP contribution < -0.4 is 10.6 Å². The van der Waals surface area contributed by atoms with Crippen LogP contribution in [0, 0.1) is 0 Å². The van der Waals surface area contributed by atoms with E-state index in [0.717, 1.165) is 0 Å². The van der Waals surface area contributed by atoms with Gasteiger partial charge >= 0.3 is 18.0 Å². The summed E-state index contributed by atoms with van der Waals surface area (Å²) in [6, 6.07) is 3.76. The van der Waals surface area contributed by atoms with Gasteiger partial charge < -0.3 is 20.3 Å². The van der Waals surface area contributed by atoms with E-state index < -0.39 is 12.0 Å². The van der Waals surface area contributed by atoms with Gasteiger partial charge in [-0.3, -0.25) is 9.80 Å². The summed E-state index contributed by atoms with van der Waals surface area (Å²) in [5.74, 6) is -0.531. The molecule has 1 saturated heterocycles. The quantitative estimate of drug-likeness (QED) is 0.551. The maximum atomic E-state index is 13.2. The first-order chi connectivity index (χ1) is 16.8.